The largest absolute Gasteiger partial charge is 0.351 e. The molecule has 1 aromatic carbocycles. The van der Waals surface area contributed by atoms with E-state index in [4.69, 9.17) is 0 Å². The number of non-ortho nitro benzene ring substituents is 1. The van der Waals surface area contributed by atoms with Gasteiger partial charge in [-0.05, 0) is 48.8 Å². The maximum atomic E-state index is 12.1. The van der Waals surface area contributed by atoms with Crippen LogP contribution >= 0.6 is 34.4 Å². The Labute approximate surface area is 129 Å². The number of carbonyl (C=O) groups excluding carboxylic acids is 1. The molecule has 1 aromatic rings. The van der Waals surface area contributed by atoms with Crippen LogP contribution in [0.25, 0.3) is 0 Å². The Morgan fingerprint density at radius 2 is 2.16 bits per heavy atom. The number of hydrogen-bond acceptors (Lipinski definition) is 4. The van der Waals surface area contributed by atoms with Gasteiger partial charge < -0.3 is 5.32 Å². The Balaban J connectivity index is 2.88. The van der Waals surface area contributed by atoms with Crippen LogP contribution in [0, 0.1) is 13.7 Å². The summed E-state index contributed by atoms with van der Waals surface area (Å²) in [4.78, 5) is 22.3. The van der Waals surface area contributed by atoms with Gasteiger partial charge in [-0.15, -0.1) is 0 Å². The molecule has 1 N–H and O–H groups in total. The quantitative estimate of drug-likeness (QED) is 0.473. The van der Waals surface area contributed by atoms with Crippen molar-refractivity contribution in [3.8, 4) is 0 Å². The van der Waals surface area contributed by atoms with Crippen LogP contribution in [0.4, 0.5) is 5.69 Å². The summed E-state index contributed by atoms with van der Waals surface area (Å²) in [5, 5.41) is 13.5. The SMILES string of the molecule is CSC(C)(C)CNC(=O)c1cc([N+](=O)[O-])ccc1I. The molecule has 0 fully saturated rings. The van der Waals surface area contributed by atoms with Crippen molar-refractivity contribution in [3.63, 3.8) is 0 Å². The summed E-state index contributed by atoms with van der Waals surface area (Å²) in [7, 11) is 0. The molecule has 0 radical (unpaired) electrons. The summed E-state index contributed by atoms with van der Waals surface area (Å²) in [5.74, 6) is -0.282. The fraction of sp³-hybridized carbons (Fsp3) is 0.417. The van der Waals surface area contributed by atoms with Crippen LogP contribution in [-0.2, 0) is 0 Å². The molecular weight excluding hydrogens is 379 g/mol. The van der Waals surface area contributed by atoms with E-state index >= 15 is 0 Å². The molecule has 19 heavy (non-hydrogen) atoms. The standard InChI is InChI=1S/C12H15IN2O3S/c1-12(2,19-3)7-14-11(16)9-6-8(15(17)18)4-5-10(9)13/h4-6H,7H2,1-3H3,(H,14,16). The molecule has 5 nitrogen and oxygen atoms in total. The van der Waals surface area contributed by atoms with Crippen molar-refractivity contribution >= 4 is 45.9 Å². The van der Waals surface area contributed by atoms with Gasteiger partial charge in [0.05, 0.1) is 10.5 Å². The fourth-order valence-electron chi connectivity index (χ4n) is 1.26. The molecule has 0 bridgehead atoms. The van der Waals surface area contributed by atoms with Crippen molar-refractivity contribution in [1.29, 1.82) is 0 Å². The number of nitro groups is 1. The number of nitrogens with zero attached hydrogens (tertiary/aromatic N) is 1. The fourth-order valence-corrected chi connectivity index (χ4v) is 2.06. The van der Waals surface area contributed by atoms with Crippen molar-refractivity contribution in [2.75, 3.05) is 12.8 Å². The van der Waals surface area contributed by atoms with E-state index in [9.17, 15) is 14.9 Å². The number of thioether (sulfide) groups is 1. The van der Waals surface area contributed by atoms with Gasteiger partial charge in [-0.2, -0.15) is 11.8 Å². The summed E-state index contributed by atoms with van der Waals surface area (Å²) in [6.07, 6.45) is 1.98. The highest BCUT2D eigenvalue weighted by Crippen LogP contribution is 2.22. The van der Waals surface area contributed by atoms with Gasteiger partial charge in [0, 0.05) is 27.0 Å². The zero-order valence-electron chi connectivity index (χ0n) is 10.9. The first-order chi connectivity index (χ1) is 8.76. The molecule has 0 saturated heterocycles. The van der Waals surface area contributed by atoms with Gasteiger partial charge in [-0.3, -0.25) is 14.9 Å². The lowest BCUT2D eigenvalue weighted by atomic mass is 10.1. The Morgan fingerprint density at radius 1 is 1.53 bits per heavy atom. The first-order valence-electron chi connectivity index (χ1n) is 5.54. The van der Waals surface area contributed by atoms with Crippen molar-refractivity contribution in [2.45, 2.75) is 18.6 Å². The molecule has 0 aromatic heterocycles. The Morgan fingerprint density at radius 3 is 2.68 bits per heavy atom. The normalized spacial score (nSPS) is 11.2. The summed E-state index contributed by atoms with van der Waals surface area (Å²) in [5.41, 5.74) is 0.265. The summed E-state index contributed by atoms with van der Waals surface area (Å²) in [6, 6.07) is 4.28. The maximum absolute atomic E-state index is 12.1. The third-order valence-corrected chi connectivity index (χ3v) is 4.82. The molecule has 0 unspecified atom stereocenters. The van der Waals surface area contributed by atoms with Gasteiger partial charge in [-0.25, -0.2) is 0 Å². The second-order valence-corrected chi connectivity index (χ2v) is 7.24. The van der Waals surface area contributed by atoms with Crippen LogP contribution < -0.4 is 5.32 Å². The van der Waals surface area contributed by atoms with Gasteiger partial charge in [0.1, 0.15) is 0 Å². The van der Waals surface area contributed by atoms with Crippen LogP contribution in [0.15, 0.2) is 18.2 Å². The third-order valence-electron chi connectivity index (χ3n) is 2.63. The Bertz CT molecular complexity index is 506. The highest BCUT2D eigenvalue weighted by molar-refractivity contribution is 14.1. The minimum Gasteiger partial charge on any atom is -0.351 e. The van der Waals surface area contributed by atoms with Crippen LogP contribution in [-0.4, -0.2) is 28.4 Å². The first-order valence-corrected chi connectivity index (χ1v) is 7.84. The molecule has 1 amide bonds. The molecule has 0 saturated carbocycles. The molecule has 104 valence electrons. The van der Waals surface area contributed by atoms with E-state index in [-0.39, 0.29) is 16.3 Å². The second-order valence-electron chi connectivity index (χ2n) is 4.57. The molecular formula is C12H15IN2O3S. The molecule has 7 heteroatoms. The van der Waals surface area contributed by atoms with Crippen molar-refractivity contribution in [2.24, 2.45) is 0 Å². The zero-order chi connectivity index (χ0) is 14.6. The zero-order valence-corrected chi connectivity index (χ0v) is 13.9. The van der Waals surface area contributed by atoms with Crippen molar-refractivity contribution in [1.82, 2.24) is 5.32 Å². The summed E-state index contributed by atoms with van der Waals surface area (Å²) in [6.45, 7) is 4.55. The molecule has 0 aliphatic carbocycles. The van der Waals surface area contributed by atoms with Crippen LogP contribution in [0.2, 0.25) is 0 Å². The highest BCUT2D eigenvalue weighted by atomic mass is 127. The monoisotopic (exact) mass is 394 g/mol. The third kappa shape index (κ3) is 4.64. The van der Waals surface area contributed by atoms with Gasteiger partial charge in [-0.1, -0.05) is 0 Å². The predicted molar refractivity (Wildman–Crippen MR) is 85.7 cm³/mol. The highest BCUT2D eigenvalue weighted by Gasteiger charge is 2.20. The van der Waals surface area contributed by atoms with E-state index in [0.29, 0.717) is 15.7 Å². The number of rotatable bonds is 5. The van der Waals surface area contributed by atoms with E-state index in [0.717, 1.165) is 0 Å². The predicted octanol–water partition coefficient (Wildman–Crippen LogP) is 3.07. The topological polar surface area (TPSA) is 72.2 Å². The molecule has 0 spiro atoms. The van der Waals surface area contributed by atoms with E-state index in [1.54, 1.807) is 17.8 Å². The van der Waals surface area contributed by atoms with Crippen LogP contribution in [0.3, 0.4) is 0 Å². The van der Waals surface area contributed by atoms with Gasteiger partial charge in [0.15, 0.2) is 0 Å². The number of benzene rings is 1. The van der Waals surface area contributed by atoms with Gasteiger partial charge >= 0.3 is 0 Å². The number of nitrogens with one attached hydrogen (secondary N) is 1. The van der Waals surface area contributed by atoms with E-state index in [2.05, 4.69) is 5.32 Å². The molecule has 0 aliphatic heterocycles. The summed E-state index contributed by atoms with van der Waals surface area (Å²) < 4.78 is 0.629. The van der Waals surface area contributed by atoms with Crippen LogP contribution in [0.1, 0.15) is 24.2 Å². The average Bonchev–Trinajstić information content (AvgIpc) is 2.36. The summed E-state index contributed by atoms with van der Waals surface area (Å²) >= 11 is 3.65. The number of carbonyl (C=O) groups is 1. The molecule has 0 atom stereocenters. The minimum atomic E-state index is -0.501. The van der Waals surface area contributed by atoms with Crippen molar-refractivity contribution < 1.29 is 9.72 Å². The van der Waals surface area contributed by atoms with Crippen LogP contribution in [0.5, 0.6) is 0 Å². The Kier molecular flexibility index (Phi) is 5.60. The van der Waals surface area contributed by atoms with Gasteiger partial charge in [0.2, 0.25) is 0 Å². The number of nitro benzene ring substituents is 1. The lowest BCUT2D eigenvalue weighted by Gasteiger charge is -2.22. The van der Waals surface area contributed by atoms with E-state index in [1.165, 1.54) is 12.1 Å². The lowest BCUT2D eigenvalue weighted by Crippen LogP contribution is -2.36. The minimum absolute atomic E-state index is 0.0676. The number of hydrogen-bond donors (Lipinski definition) is 1. The maximum Gasteiger partial charge on any atom is 0.270 e. The van der Waals surface area contributed by atoms with E-state index in [1.807, 2.05) is 42.7 Å². The van der Waals surface area contributed by atoms with Gasteiger partial charge in [0.25, 0.3) is 11.6 Å². The molecule has 0 aliphatic rings. The molecule has 1 rings (SSSR count). The van der Waals surface area contributed by atoms with E-state index < -0.39 is 4.92 Å². The Hall–Kier alpha value is -0.830. The molecule has 0 heterocycles. The smallest absolute Gasteiger partial charge is 0.270 e. The number of halogens is 1. The number of amides is 1. The second kappa shape index (κ2) is 6.56. The average molecular weight is 394 g/mol. The lowest BCUT2D eigenvalue weighted by molar-refractivity contribution is -0.384. The first kappa shape index (κ1) is 16.2. The van der Waals surface area contributed by atoms with Crippen molar-refractivity contribution in [3.05, 3.63) is 37.4 Å².